The van der Waals surface area contributed by atoms with Crippen molar-refractivity contribution >= 4 is 5.65 Å². The molecule has 4 heteroatoms. The Morgan fingerprint density at radius 3 is 2.64 bits per heavy atom. The van der Waals surface area contributed by atoms with Gasteiger partial charge in [-0.25, -0.2) is 4.98 Å². The lowest BCUT2D eigenvalue weighted by Gasteiger charge is -2.06. The molecule has 0 atom stereocenters. The van der Waals surface area contributed by atoms with Crippen LogP contribution in [0.4, 0.5) is 0 Å². The van der Waals surface area contributed by atoms with Crippen LogP contribution in [0, 0.1) is 6.92 Å². The van der Waals surface area contributed by atoms with E-state index in [0.717, 1.165) is 34.8 Å². The van der Waals surface area contributed by atoms with E-state index in [-0.39, 0.29) is 0 Å². The van der Waals surface area contributed by atoms with E-state index in [9.17, 15) is 0 Å². The second kappa shape index (κ2) is 6.20. The summed E-state index contributed by atoms with van der Waals surface area (Å²) in [5.41, 5.74) is 11.2. The molecule has 3 aromatic rings. The van der Waals surface area contributed by atoms with Gasteiger partial charge in [-0.05, 0) is 62.4 Å². The van der Waals surface area contributed by atoms with Crippen molar-refractivity contribution < 1.29 is 4.74 Å². The van der Waals surface area contributed by atoms with E-state index < -0.39 is 0 Å². The maximum atomic E-state index is 5.79. The molecule has 0 saturated heterocycles. The van der Waals surface area contributed by atoms with Crippen LogP contribution in [0.5, 0.6) is 5.75 Å². The highest BCUT2D eigenvalue weighted by Gasteiger charge is 2.13. The molecule has 0 bridgehead atoms. The number of hydrogen-bond donors (Lipinski definition) is 1. The molecule has 2 aromatic heterocycles. The fourth-order valence-electron chi connectivity index (χ4n) is 2.68. The standard InChI is InChI=1S/C18H21N3O/c1-3-22-15-6-4-14(5-7-15)18-16(8-10-19)21-11-9-13(2)12-17(21)20-18/h4-7,9,11-12H,3,8,10,19H2,1-2H3. The predicted molar refractivity (Wildman–Crippen MR) is 89.3 cm³/mol. The van der Waals surface area contributed by atoms with Crippen LogP contribution < -0.4 is 10.5 Å². The Morgan fingerprint density at radius 1 is 1.18 bits per heavy atom. The molecule has 0 radical (unpaired) electrons. The molecule has 0 fully saturated rings. The lowest BCUT2D eigenvalue weighted by molar-refractivity contribution is 0.340. The SMILES string of the molecule is CCOc1ccc(-c2nc3cc(C)ccn3c2CCN)cc1. The number of ether oxygens (including phenoxy) is 1. The molecule has 0 aliphatic heterocycles. The lowest BCUT2D eigenvalue weighted by atomic mass is 10.1. The fourth-order valence-corrected chi connectivity index (χ4v) is 2.68. The van der Waals surface area contributed by atoms with Crippen molar-refractivity contribution in [2.45, 2.75) is 20.3 Å². The van der Waals surface area contributed by atoms with Gasteiger partial charge in [-0.3, -0.25) is 0 Å². The minimum absolute atomic E-state index is 0.603. The summed E-state index contributed by atoms with van der Waals surface area (Å²) in [4.78, 5) is 4.80. The summed E-state index contributed by atoms with van der Waals surface area (Å²) >= 11 is 0. The van der Waals surface area contributed by atoms with Crippen molar-refractivity contribution in [2.24, 2.45) is 5.73 Å². The average Bonchev–Trinajstić information content (AvgIpc) is 2.87. The number of aromatic nitrogens is 2. The first-order chi connectivity index (χ1) is 10.7. The second-order valence-corrected chi connectivity index (χ2v) is 5.34. The van der Waals surface area contributed by atoms with Gasteiger partial charge in [0, 0.05) is 18.2 Å². The maximum Gasteiger partial charge on any atom is 0.137 e. The molecule has 0 saturated carbocycles. The average molecular weight is 295 g/mol. The van der Waals surface area contributed by atoms with Crippen LogP contribution in [-0.4, -0.2) is 22.5 Å². The largest absolute Gasteiger partial charge is 0.494 e. The smallest absolute Gasteiger partial charge is 0.137 e. The fraction of sp³-hybridized carbons (Fsp3) is 0.278. The van der Waals surface area contributed by atoms with Gasteiger partial charge < -0.3 is 14.9 Å². The van der Waals surface area contributed by atoms with Gasteiger partial charge in [0.1, 0.15) is 11.4 Å². The summed E-state index contributed by atoms with van der Waals surface area (Å²) in [6.45, 7) is 5.34. The first-order valence-electron chi connectivity index (χ1n) is 7.64. The summed E-state index contributed by atoms with van der Waals surface area (Å²) in [6, 6.07) is 12.3. The molecule has 0 amide bonds. The minimum atomic E-state index is 0.603. The zero-order chi connectivity index (χ0) is 15.5. The van der Waals surface area contributed by atoms with Gasteiger partial charge in [0.2, 0.25) is 0 Å². The molecular weight excluding hydrogens is 274 g/mol. The molecule has 2 N–H and O–H groups in total. The maximum absolute atomic E-state index is 5.79. The number of fused-ring (bicyclic) bond motifs is 1. The van der Waals surface area contributed by atoms with Crippen molar-refractivity contribution in [3.63, 3.8) is 0 Å². The highest BCUT2D eigenvalue weighted by atomic mass is 16.5. The normalized spacial score (nSPS) is 11.0. The third kappa shape index (κ3) is 2.70. The highest BCUT2D eigenvalue weighted by molar-refractivity contribution is 5.67. The molecule has 0 aliphatic carbocycles. The van der Waals surface area contributed by atoms with Crippen LogP contribution in [0.2, 0.25) is 0 Å². The molecule has 2 heterocycles. The van der Waals surface area contributed by atoms with E-state index in [1.54, 1.807) is 0 Å². The molecule has 3 rings (SSSR count). The first-order valence-corrected chi connectivity index (χ1v) is 7.64. The molecule has 0 spiro atoms. The topological polar surface area (TPSA) is 52.5 Å². The molecule has 0 aliphatic rings. The van der Waals surface area contributed by atoms with Gasteiger partial charge in [0.05, 0.1) is 18.0 Å². The number of hydrogen-bond acceptors (Lipinski definition) is 3. The highest BCUT2D eigenvalue weighted by Crippen LogP contribution is 2.27. The number of nitrogens with two attached hydrogens (primary N) is 1. The Bertz CT molecular complexity index is 775. The second-order valence-electron chi connectivity index (χ2n) is 5.34. The minimum Gasteiger partial charge on any atom is -0.494 e. The van der Waals surface area contributed by atoms with Gasteiger partial charge in [0.15, 0.2) is 0 Å². The number of imidazole rings is 1. The van der Waals surface area contributed by atoms with Crippen molar-refractivity contribution in [1.29, 1.82) is 0 Å². The van der Waals surface area contributed by atoms with Crippen molar-refractivity contribution in [2.75, 3.05) is 13.2 Å². The number of nitrogens with zero attached hydrogens (tertiary/aromatic N) is 2. The Morgan fingerprint density at radius 2 is 1.95 bits per heavy atom. The quantitative estimate of drug-likeness (QED) is 0.786. The lowest BCUT2D eigenvalue weighted by Crippen LogP contribution is -2.06. The Hall–Kier alpha value is -2.33. The van der Waals surface area contributed by atoms with Gasteiger partial charge in [-0.2, -0.15) is 0 Å². The monoisotopic (exact) mass is 295 g/mol. The third-order valence-corrected chi connectivity index (χ3v) is 3.70. The zero-order valence-electron chi connectivity index (χ0n) is 13.0. The van der Waals surface area contributed by atoms with E-state index >= 15 is 0 Å². The Balaban J connectivity index is 2.10. The summed E-state index contributed by atoms with van der Waals surface area (Å²) in [5, 5.41) is 0. The molecular formula is C18H21N3O. The van der Waals surface area contributed by atoms with Crippen LogP contribution in [0.25, 0.3) is 16.9 Å². The van der Waals surface area contributed by atoms with Gasteiger partial charge in [-0.1, -0.05) is 0 Å². The molecule has 4 nitrogen and oxygen atoms in total. The van der Waals surface area contributed by atoms with Crippen LogP contribution in [-0.2, 0) is 6.42 Å². The number of aryl methyl sites for hydroxylation is 1. The van der Waals surface area contributed by atoms with Gasteiger partial charge in [-0.15, -0.1) is 0 Å². The van der Waals surface area contributed by atoms with E-state index in [0.29, 0.717) is 13.2 Å². The third-order valence-electron chi connectivity index (χ3n) is 3.70. The molecule has 1 aromatic carbocycles. The van der Waals surface area contributed by atoms with E-state index in [1.165, 1.54) is 5.56 Å². The summed E-state index contributed by atoms with van der Waals surface area (Å²) in [7, 11) is 0. The van der Waals surface area contributed by atoms with Crippen LogP contribution in [0.15, 0.2) is 42.6 Å². The first kappa shape index (κ1) is 14.6. The molecule has 22 heavy (non-hydrogen) atoms. The van der Waals surface area contributed by atoms with Gasteiger partial charge in [0.25, 0.3) is 0 Å². The predicted octanol–water partition coefficient (Wildman–Crippen LogP) is 3.21. The van der Waals surface area contributed by atoms with Crippen molar-refractivity contribution in [1.82, 2.24) is 9.38 Å². The van der Waals surface area contributed by atoms with Crippen molar-refractivity contribution in [3.05, 3.63) is 53.9 Å². The number of benzene rings is 1. The summed E-state index contributed by atoms with van der Waals surface area (Å²) in [6.07, 6.45) is 2.87. The Labute approximate surface area is 130 Å². The summed E-state index contributed by atoms with van der Waals surface area (Å²) in [5.74, 6) is 0.881. The molecule has 0 unspecified atom stereocenters. The van der Waals surface area contributed by atoms with E-state index in [4.69, 9.17) is 15.5 Å². The van der Waals surface area contributed by atoms with E-state index in [1.807, 2.05) is 19.1 Å². The van der Waals surface area contributed by atoms with Crippen LogP contribution in [0.3, 0.4) is 0 Å². The summed E-state index contributed by atoms with van der Waals surface area (Å²) < 4.78 is 7.63. The zero-order valence-corrected chi connectivity index (χ0v) is 13.0. The van der Waals surface area contributed by atoms with Crippen LogP contribution in [0.1, 0.15) is 18.2 Å². The van der Waals surface area contributed by atoms with Crippen LogP contribution >= 0.6 is 0 Å². The number of rotatable bonds is 5. The van der Waals surface area contributed by atoms with Crippen molar-refractivity contribution in [3.8, 4) is 17.0 Å². The van der Waals surface area contributed by atoms with E-state index in [2.05, 4.69) is 41.8 Å². The molecule has 114 valence electrons. The Kier molecular flexibility index (Phi) is 4.11. The number of pyridine rings is 1. The van der Waals surface area contributed by atoms with Gasteiger partial charge >= 0.3 is 0 Å².